The average molecular weight is 533 g/mol. The van der Waals surface area contributed by atoms with E-state index in [1.165, 1.54) is 9.26 Å². The number of fused-ring (bicyclic) bond motifs is 1. The SMILES string of the molecule is Cc1c(I)c(-c2ccc3c(cnn3C)c2)nn1C1CC2(C1)CN(C(=O)OC(C)(C)C)C2. The number of halogens is 1. The van der Waals surface area contributed by atoms with Crippen molar-refractivity contribution < 1.29 is 9.53 Å². The van der Waals surface area contributed by atoms with Gasteiger partial charge in [-0.15, -0.1) is 0 Å². The van der Waals surface area contributed by atoms with Gasteiger partial charge >= 0.3 is 6.09 Å². The fourth-order valence-electron chi connectivity index (χ4n) is 4.94. The first kappa shape index (κ1) is 20.8. The van der Waals surface area contributed by atoms with E-state index in [-0.39, 0.29) is 11.5 Å². The molecule has 1 saturated heterocycles. The highest BCUT2D eigenvalue weighted by Crippen LogP contribution is 2.54. The van der Waals surface area contributed by atoms with Crippen LogP contribution in [0, 0.1) is 15.9 Å². The third-order valence-corrected chi connectivity index (χ3v) is 7.78. The molecule has 2 fully saturated rings. The summed E-state index contributed by atoms with van der Waals surface area (Å²) in [5.74, 6) is 0. The van der Waals surface area contributed by atoms with Gasteiger partial charge in [0.25, 0.3) is 0 Å². The molecule has 0 radical (unpaired) electrons. The summed E-state index contributed by atoms with van der Waals surface area (Å²) in [6.07, 6.45) is 3.83. The normalized spacial score (nSPS) is 18.3. The average Bonchev–Trinajstić information content (AvgIpc) is 3.12. The summed E-state index contributed by atoms with van der Waals surface area (Å²) in [7, 11) is 1.96. The van der Waals surface area contributed by atoms with E-state index in [9.17, 15) is 4.79 Å². The second kappa shape index (κ2) is 6.95. The van der Waals surface area contributed by atoms with Crippen molar-refractivity contribution in [2.24, 2.45) is 12.5 Å². The van der Waals surface area contributed by atoms with Gasteiger partial charge < -0.3 is 9.64 Å². The third kappa shape index (κ3) is 3.52. The molecule has 1 spiro atoms. The van der Waals surface area contributed by atoms with Crippen LogP contribution in [0.15, 0.2) is 24.4 Å². The second-order valence-electron chi connectivity index (χ2n) is 10.1. The van der Waals surface area contributed by atoms with Crippen molar-refractivity contribution in [2.75, 3.05) is 13.1 Å². The molecule has 0 unspecified atom stereocenters. The van der Waals surface area contributed by atoms with Crippen LogP contribution in [0.2, 0.25) is 0 Å². The first-order valence-corrected chi connectivity index (χ1v) is 11.8. The van der Waals surface area contributed by atoms with Crippen LogP contribution in [0.25, 0.3) is 22.2 Å². The first-order valence-electron chi connectivity index (χ1n) is 10.7. The molecular weight excluding hydrogens is 505 g/mol. The Morgan fingerprint density at radius 2 is 1.97 bits per heavy atom. The lowest BCUT2D eigenvalue weighted by Gasteiger charge is -2.58. The smallest absolute Gasteiger partial charge is 0.410 e. The van der Waals surface area contributed by atoms with Crippen LogP contribution in [0.1, 0.15) is 45.3 Å². The number of aryl methyl sites for hydroxylation is 1. The molecule has 31 heavy (non-hydrogen) atoms. The largest absolute Gasteiger partial charge is 0.444 e. The number of carbonyl (C=O) groups excluding carboxylic acids is 1. The third-order valence-electron chi connectivity index (χ3n) is 6.48. The lowest BCUT2D eigenvalue weighted by Crippen LogP contribution is -2.64. The molecule has 3 heterocycles. The van der Waals surface area contributed by atoms with E-state index < -0.39 is 5.60 Å². The molecule has 1 aliphatic heterocycles. The zero-order chi connectivity index (χ0) is 22.1. The highest BCUT2D eigenvalue weighted by atomic mass is 127. The molecule has 7 nitrogen and oxygen atoms in total. The van der Waals surface area contributed by atoms with E-state index in [1.807, 2.05) is 43.6 Å². The number of nitrogens with zero attached hydrogens (tertiary/aromatic N) is 5. The van der Waals surface area contributed by atoms with Gasteiger partial charge in [-0.2, -0.15) is 10.2 Å². The maximum absolute atomic E-state index is 12.3. The van der Waals surface area contributed by atoms with Crippen LogP contribution >= 0.6 is 22.6 Å². The van der Waals surface area contributed by atoms with Crippen LogP contribution in [0.5, 0.6) is 0 Å². The van der Waals surface area contributed by atoms with Crippen LogP contribution in [-0.2, 0) is 11.8 Å². The molecule has 2 aliphatic rings. The standard InChI is InChI=1S/C23H28IN5O2/c1-14-19(24)20(15-6-7-18-16(8-15)11-25-27(18)5)26-29(14)17-9-23(10-17)12-28(13-23)21(30)31-22(2,3)4/h6-8,11,17H,9-10,12-13H2,1-5H3. The molecule has 0 atom stereocenters. The molecule has 8 heteroatoms. The van der Waals surface area contributed by atoms with Gasteiger partial charge in [-0.25, -0.2) is 4.79 Å². The minimum absolute atomic E-state index is 0.195. The van der Waals surface area contributed by atoms with Gasteiger partial charge in [0.15, 0.2) is 0 Å². The predicted molar refractivity (Wildman–Crippen MR) is 128 cm³/mol. The zero-order valence-electron chi connectivity index (χ0n) is 18.6. The molecule has 0 bridgehead atoms. The van der Waals surface area contributed by atoms with Gasteiger partial charge in [-0.1, -0.05) is 6.07 Å². The molecule has 164 valence electrons. The molecule has 0 N–H and O–H groups in total. The van der Waals surface area contributed by atoms with Crippen molar-refractivity contribution in [3.8, 4) is 11.3 Å². The van der Waals surface area contributed by atoms with Gasteiger partial charge in [0, 0.05) is 42.2 Å². The Kier molecular flexibility index (Phi) is 4.66. The second-order valence-corrected chi connectivity index (χ2v) is 11.2. The minimum Gasteiger partial charge on any atom is -0.444 e. The Balaban J connectivity index is 1.29. The van der Waals surface area contributed by atoms with E-state index in [0.717, 1.165) is 48.1 Å². The van der Waals surface area contributed by atoms with Crippen molar-refractivity contribution in [1.82, 2.24) is 24.5 Å². The minimum atomic E-state index is -0.444. The topological polar surface area (TPSA) is 65.2 Å². The van der Waals surface area contributed by atoms with Crippen LogP contribution in [0.4, 0.5) is 4.79 Å². The van der Waals surface area contributed by atoms with Crippen molar-refractivity contribution >= 4 is 39.6 Å². The maximum atomic E-state index is 12.3. The number of likely N-dealkylation sites (tertiary alicyclic amines) is 1. The Morgan fingerprint density at radius 3 is 2.65 bits per heavy atom. The van der Waals surface area contributed by atoms with Gasteiger partial charge in [-0.05, 0) is 75.3 Å². The Labute approximate surface area is 195 Å². The van der Waals surface area contributed by atoms with Gasteiger partial charge in [0.2, 0.25) is 0 Å². The van der Waals surface area contributed by atoms with Crippen molar-refractivity contribution in [3.05, 3.63) is 33.7 Å². The number of carbonyl (C=O) groups is 1. The number of rotatable bonds is 2. The lowest BCUT2D eigenvalue weighted by atomic mass is 9.61. The number of amides is 1. The van der Waals surface area contributed by atoms with E-state index in [1.54, 1.807) is 0 Å². The fraction of sp³-hybridized carbons (Fsp3) is 0.522. The molecular formula is C23H28IN5O2. The van der Waals surface area contributed by atoms with Gasteiger partial charge in [0.05, 0.1) is 21.3 Å². The maximum Gasteiger partial charge on any atom is 0.410 e. The molecule has 2 aromatic heterocycles. The van der Waals surface area contributed by atoms with Crippen molar-refractivity contribution in [3.63, 3.8) is 0 Å². The van der Waals surface area contributed by atoms with Crippen LogP contribution in [0.3, 0.4) is 0 Å². The number of benzene rings is 1. The van der Waals surface area contributed by atoms with E-state index in [4.69, 9.17) is 9.84 Å². The van der Waals surface area contributed by atoms with E-state index >= 15 is 0 Å². The molecule has 1 amide bonds. The molecule has 1 aliphatic carbocycles. The Morgan fingerprint density at radius 1 is 1.26 bits per heavy atom. The van der Waals surface area contributed by atoms with Crippen molar-refractivity contribution in [1.29, 1.82) is 0 Å². The number of aromatic nitrogens is 4. The molecule has 5 rings (SSSR count). The summed E-state index contributed by atoms with van der Waals surface area (Å²) < 4.78 is 10.8. The molecule has 1 aromatic carbocycles. The summed E-state index contributed by atoms with van der Waals surface area (Å²) in [6.45, 7) is 9.46. The van der Waals surface area contributed by atoms with Crippen molar-refractivity contribution in [2.45, 2.75) is 52.2 Å². The lowest BCUT2D eigenvalue weighted by molar-refractivity contribution is -0.0930. The van der Waals surface area contributed by atoms with Crippen LogP contribution in [-0.4, -0.2) is 49.2 Å². The van der Waals surface area contributed by atoms with E-state index in [2.05, 4.69) is 57.5 Å². The van der Waals surface area contributed by atoms with Gasteiger partial charge in [-0.3, -0.25) is 9.36 Å². The first-order chi connectivity index (χ1) is 14.6. The summed E-state index contributed by atoms with van der Waals surface area (Å²) in [4.78, 5) is 14.1. The van der Waals surface area contributed by atoms with Gasteiger partial charge in [0.1, 0.15) is 11.3 Å². The Bertz CT molecular complexity index is 1170. The monoisotopic (exact) mass is 533 g/mol. The zero-order valence-corrected chi connectivity index (χ0v) is 20.8. The summed E-state index contributed by atoms with van der Waals surface area (Å²) >= 11 is 2.41. The highest BCUT2D eigenvalue weighted by molar-refractivity contribution is 14.1. The summed E-state index contributed by atoms with van der Waals surface area (Å²) in [5, 5.41) is 10.5. The number of hydrogen-bond acceptors (Lipinski definition) is 4. The van der Waals surface area contributed by atoms with E-state index in [0.29, 0.717) is 6.04 Å². The predicted octanol–water partition coefficient (Wildman–Crippen LogP) is 4.92. The summed E-state index contributed by atoms with van der Waals surface area (Å²) in [5.41, 5.74) is 4.29. The number of ether oxygens (including phenoxy) is 1. The quantitative estimate of drug-likeness (QED) is 0.439. The highest BCUT2D eigenvalue weighted by Gasteiger charge is 2.55. The molecule has 1 saturated carbocycles. The molecule has 3 aromatic rings. The van der Waals surface area contributed by atoms with Crippen LogP contribution < -0.4 is 0 Å². The Hall–Kier alpha value is -2.10. The number of hydrogen-bond donors (Lipinski definition) is 0. The summed E-state index contributed by atoms with van der Waals surface area (Å²) in [6, 6.07) is 6.81. The fourth-order valence-corrected chi connectivity index (χ4v) is 5.61.